The van der Waals surface area contributed by atoms with Crippen molar-refractivity contribution in [2.24, 2.45) is 0 Å². The van der Waals surface area contributed by atoms with Crippen molar-refractivity contribution in [3.8, 4) is 0 Å². The molecule has 0 spiro atoms. The van der Waals surface area contributed by atoms with E-state index in [2.05, 4.69) is 4.98 Å². The average Bonchev–Trinajstić information content (AvgIpc) is 2.89. The highest BCUT2D eigenvalue weighted by molar-refractivity contribution is 7.98. The van der Waals surface area contributed by atoms with Gasteiger partial charge in [0.2, 0.25) is 0 Å². The molecule has 0 unspecified atom stereocenters. The van der Waals surface area contributed by atoms with Crippen LogP contribution >= 0.6 is 23.1 Å². The van der Waals surface area contributed by atoms with Crippen molar-refractivity contribution in [1.82, 2.24) is 4.98 Å². The van der Waals surface area contributed by atoms with Gasteiger partial charge in [-0.15, -0.1) is 23.1 Å². The highest BCUT2D eigenvalue weighted by Crippen LogP contribution is 2.29. The lowest BCUT2D eigenvalue weighted by Gasteiger charge is -2.02. The van der Waals surface area contributed by atoms with Crippen molar-refractivity contribution in [2.45, 2.75) is 10.6 Å². The van der Waals surface area contributed by atoms with Crippen molar-refractivity contribution < 1.29 is 14.3 Å². The van der Waals surface area contributed by atoms with E-state index in [4.69, 9.17) is 5.11 Å². The molecule has 0 aliphatic carbocycles. The first kappa shape index (κ1) is 14.0. The normalized spacial score (nSPS) is 10.9. The summed E-state index contributed by atoms with van der Waals surface area (Å²) in [5.74, 6) is -1.34. The van der Waals surface area contributed by atoms with E-state index < -0.39 is 11.8 Å². The molecule has 0 atom stereocenters. The Morgan fingerprint density at radius 2 is 2.10 bits per heavy atom. The summed E-state index contributed by atoms with van der Waals surface area (Å²) in [5, 5.41) is 9.87. The lowest BCUT2D eigenvalue weighted by molar-refractivity contribution is 0.0691. The molecule has 0 amide bonds. The molecular weight excluding hydrogens is 309 g/mol. The number of rotatable bonds is 4. The second-order valence-corrected chi connectivity index (χ2v) is 6.47. The van der Waals surface area contributed by atoms with Crippen LogP contribution in [-0.4, -0.2) is 16.1 Å². The third-order valence-corrected chi connectivity index (χ3v) is 5.09. The number of aromatic nitrogens is 1. The van der Waals surface area contributed by atoms with Crippen molar-refractivity contribution in [3.05, 3.63) is 58.9 Å². The van der Waals surface area contributed by atoms with Crippen molar-refractivity contribution in [1.29, 1.82) is 0 Å². The Kier molecular flexibility index (Phi) is 3.90. The number of carboxylic acid groups (broad SMARTS) is 1. The van der Waals surface area contributed by atoms with Crippen LogP contribution in [0.25, 0.3) is 10.2 Å². The van der Waals surface area contributed by atoms with Gasteiger partial charge >= 0.3 is 5.97 Å². The summed E-state index contributed by atoms with van der Waals surface area (Å²) in [5.41, 5.74) is 0.660. The van der Waals surface area contributed by atoms with Gasteiger partial charge in [-0.3, -0.25) is 0 Å². The van der Waals surface area contributed by atoms with Crippen molar-refractivity contribution in [2.75, 3.05) is 0 Å². The molecule has 3 nitrogen and oxygen atoms in total. The Hall–Kier alpha value is -1.92. The minimum Gasteiger partial charge on any atom is -0.478 e. The number of halogens is 1. The van der Waals surface area contributed by atoms with E-state index in [1.54, 1.807) is 17.4 Å². The van der Waals surface area contributed by atoms with E-state index in [1.165, 1.54) is 23.9 Å². The van der Waals surface area contributed by atoms with Gasteiger partial charge in [-0.2, -0.15) is 0 Å². The average molecular weight is 319 g/mol. The first-order chi connectivity index (χ1) is 10.1. The number of carboxylic acids is 1. The predicted octanol–water partition coefficient (Wildman–Crippen LogP) is 4.43. The SMILES string of the molecule is O=C(O)c1cc(SCc2nc3ccccc3s2)ccc1F. The molecule has 0 aliphatic rings. The molecule has 1 heterocycles. The van der Waals surface area contributed by atoms with Gasteiger partial charge in [0.15, 0.2) is 0 Å². The number of hydrogen-bond donors (Lipinski definition) is 1. The lowest BCUT2D eigenvalue weighted by Crippen LogP contribution is -2.00. The standard InChI is InChI=1S/C15H10FNO2S2/c16-11-6-5-9(7-10(11)15(18)19)20-8-14-17-12-3-1-2-4-13(12)21-14/h1-7H,8H2,(H,18,19). The second kappa shape index (κ2) is 5.83. The van der Waals surface area contributed by atoms with Gasteiger partial charge in [0, 0.05) is 4.90 Å². The summed E-state index contributed by atoms with van der Waals surface area (Å²) in [6, 6.07) is 12.0. The number of thiazole rings is 1. The zero-order chi connectivity index (χ0) is 14.8. The van der Waals surface area contributed by atoms with Crippen LogP contribution in [0.15, 0.2) is 47.4 Å². The minimum absolute atomic E-state index is 0.302. The smallest absolute Gasteiger partial charge is 0.338 e. The number of carbonyl (C=O) groups is 1. The van der Waals surface area contributed by atoms with Gasteiger partial charge in [0.25, 0.3) is 0 Å². The maximum absolute atomic E-state index is 13.3. The summed E-state index contributed by atoms with van der Waals surface area (Å²) in [6.07, 6.45) is 0. The van der Waals surface area contributed by atoms with Gasteiger partial charge < -0.3 is 5.11 Å². The Balaban J connectivity index is 1.78. The van der Waals surface area contributed by atoms with Crippen LogP contribution < -0.4 is 0 Å². The number of para-hydroxylation sites is 1. The Bertz CT molecular complexity index is 783. The van der Waals surface area contributed by atoms with Crippen LogP contribution in [0.1, 0.15) is 15.4 Å². The van der Waals surface area contributed by atoms with Crippen LogP contribution in [-0.2, 0) is 5.75 Å². The fourth-order valence-corrected chi connectivity index (χ4v) is 3.78. The molecule has 106 valence electrons. The summed E-state index contributed by atoms with van der Waals surface area (Å²) in [7, 11) is 0. The Morgan fingerprint density at radius 1 is 1.29 bits per heavy atom. The predicted molar refractivity (Wildman–Crippen MR) is 82.5 cm³/mol. The third kappa shape index (κ3) is 3.06. The van der Waals surface area contributed by atoms with E-state index in [0.717, 1.165) is 15.2 Å². The van der Waals surface area contributed by atoms with Crippen molar-refractivity contribution >= 4 is 39.3 Å². The lowest BCUT2D eigenvalue weighted by atomic mass is 10.2. The zero-order valence-electron chi connectivity index (χ0n) is 10.7. The third-order valence-electron chi connectivity index (χ3n) is 2.87. The topological polar surface area (TPSA) is 50.2 Å². The molecule has 6 heteroatoms. The first-order valence-electron chi connectivity index (χ1n) is 6.13. The second-order valence-electron chi connectivity index (χ2n) is 4.31. The van der Waals surface area contributed by atoms with Crippen molar-refractivity contribution in [3.63, 3.8) is 0 Å². The highest BCUT2D eigenvalue weighted by Gasteiger charge is 2.11. The Morgan fingerprint density at radius 3 is 2.86 bits per heavy atom. The number of fused-ring (bicyclic) bond motifs is 1. The zero-order valence-corrected chi connectivity index (χ0v) is 12.4. The number of thioether (sulfide) groups is 1. The summed E-state index contributed by atoms with van der Waals surface area (Å²) in [6.45, 7) is 0. The monoisotopic (exact) mass is 319 g/mol. The number of aromatic carboxylic acids is 1. The maximum atomic E-state index is 13.3. The molecule has 21 heavy (non-hydrogen) atoms. The van der Waals surface area contributed by atoms with Gasteiger partial charge in [-0.05, 0) is 30.3 Å². The van der Waals surface area contributed by atoms with Gasteiger partial charge in [0.1, 0.15) is 10.8 Å². The van der Waals surface area contributed by atoms with Crippen LogP contribution in [0, 0.1) is 5.82 Å². The van der Waals surface area contributed by atoms with Crippen LogP contribution in [0.3, 0.4) is 0 Å². The molecule has 0 saturated heterocycles. The quantitative estimate of drug-likeness (QED) is 0.723. The fraction of sp³-hybridized carbons (Fsp3) is 0.0667. The molecule has 0 fully saturated rings. The molecule has 1 N–H and O–H groups in total. The summed E-state index contributed by atoms with van der Waals surface area (Å²) in [4.78, 5) is 16.1. The van der Waals surface area contributed by atoms with E-state index in [1.807, 2.05) is 24.3 Å². The van der Waals surface area contributed by atoms with E-state index in [9.17, 15) is 9.18 Å². The number of hydrogen-bond acceptors (Lipinski definition) is 4. The molecule has 2 aromatic carbocycles. The molecule has 0 saturated carbocycles. The van der Waals surface area contributed by atoms with Gasteiger partial charge in [-0.1, -0.05) is 12.1 Å². The highest BCUT2D eigenvalue weighted by atomic mass is 32.2. The molecule has 3 rings (SSSR count). The van der Waals surface area contributed by atoms with Crippen LogP contribution in [0.2, 0.25) is 0 Å². The largest absolute Gasteiger partial charge is 0.478 e. The number of benzene rings is 2. The van der Waals surface area contributed by atoms with Crippen LogP contribution in [0.4, 0.5) is 4.39 Å². The van der Waals surface area contributed by atoms with Gasteiger partial charge in [-0.25, -0.2) is 14.2 Å². The molecule has 0 aliphatic heterocycles. The maximum Gasteiger partial charge on any atom is 0.338 e. The first-order valence-corrected chi connectivity index (χ1v) is 7.94. The fourth-order valence-electron chi connectivity index (χ4n) is 1.88. The van der Waals surface area contributed by atoms with E-state index >= 15 is 0 Å². The number of nitrogens with zero attached hydrogens (tertiary/aromatic N) is 1. The van der Waals surface area contributed by atoms with Gasteiger partial charge in [0.05, 0.1) is 21.5 Å². The minimum atomic E-state index is -1.25. The molecule has 3 aromatic rings. The molecular formula is C15H10FNO2S2. The Labute approximate surface area is 128 Å². The van der Waals surface area contributed by atoms with Crippen LogP contribution in [0.5, 0.6) is 0 Å². The molecule has 0 radical (unpaired) electrons. The summed E-state index contributed by atoms with van der Waals surface area (Å²) < 4.78 is 14.4. The van der Waals surface area contributed by atoms with E-state index in [-0.39, 0.29) is 5.56 Å². The molecule has 1 aromatic heterocycles. The molecule has 0 bridgehead atoms. The summed E-state index contributed by atoms with van der Waals surface area (Å²) >= 11 is 3.05. The van der Waals surface area contributed by atoms with E-state index in [0.29, 0.717) is 10.6 Å².